The van der Waals surface area contributed by atoms with E-state index in [1.165, 1.54) is 4.90 Å². The van der Waals surface area contributed by atoms with Crippen LogP contribution in [0.4, 0.5) is 0 Å². The fourth-order valence-electron chi connectivity index (χ4n) is 2.37. The molecule has 130 valence electrons. The van der Waals surface area contributed by atoms with E-state index in [2.05, 4.69) is 5.16 Å². The molecule has 0 saturated carbocycles. The molecule has 0 saturated heterocycles. The van der Waals surface area contributed by atoms with Gasteiger partial charge in [0.1, 0.15) is 12.3 Å². The molecule has 0 radical (unpaired) electrons. The summed E-state index contributed by atoms with van der Waals surface area (Å²) in [5.41, 5.74) is 1.86. The van der Waals surface area contributed by atoms with Crippen molar-refractivity contribution in [3.8, 4) is 5.75 Å². The SMILES string of the molecule is CCOC(=O)CN(C)C(=O)C1CC(Cc2ccc(OC)cc2)=NO1. The molecule has 0 fully saturated rings. The highest BCUT2D eigenvalue weighted by atomic mass is 16.6. The maximum atomic E-state index is 12.3. The first-order valence-electron chi connectivity index (χ1n) is 7.78. The van der Waals surface area contributed by atoms with Crippen LogP contribution in [-0.2, 0) is 25.6 Å². The zero-order valence-corrected chi connectivity index (χ0v) is 14.2. The van der Waals surface area contributed by atoms with Crippen LogP contribution in [0.1, 0.15) is 18.9 Å². The van der Waals surface area contributed by atoms with E-state index in [0.29, 0.717) is 12.8 Å². The molecule has 1 aliphatic heterocycles. The van der Waals surface area contributed by atoms with Crippen LogP contribution >= 0.6 is 0 Å². The van der Waals surface area contributed by atoms with Crippen LogP contribution in [0.3, 0.4) is 0 Å². The molecule has 1 aromatic rings. The van der Waals surface area contributed by atoms with Gasteiger partial charge in [-0.25, -0.2) is 0 Å². The Morgan fingerprint density at radius 1 is 1.33 bits per heavy atom. The van der Waals surface area contributed by atoms with Gasteiger partial charge in [-0.05, 0) is 24.6 Å². The van der Waals surface area contributed by atoms with Gasteiger partial charge in [-0.1, -0.05) is 17.3 Å². The van der Waals surface area contributed by atoms with Crippen LogP contribution in [-0.4, -0.2) is 55.9 Å². The van der Waals surface area contributed by atoms with Crippen molar-refractivity contribution >= 4 is 17.6 Å². The Hall–Kier alpha value is -2.57. The van der Waals surface area contributed by atoms with Gasteiger partial charge >= 0.3 is 5.97 Å². The summed E-state index contributed by atoms with van der Waals surface area (Å²) >= 11 is 0. The molecule has 2 rings (SSSR count). The second-order valence-electron chi connectivity index (χ2n) is 5.48. The minimum atomic E-state index is -0.683. The lowest BCUT2D eigenvalue weighted by molar-refractivity contribution is -0.151. The number of rotatable bonds is 7. The second-order valence-corrected chi connectivity index (χ2v) is 5.48. The number of benzene rings is 1. The van der Waals surface area contributed by atoms with Crippen LogP contribution in [0.15, 0.2) is 29.4 Å². The second kappa shape index (κ2) is 8.33. The summed E-state index contributed by atoms with van der Waals surface area (Å²) in [7, 11) is 3.16. The Bertz CT molecular complexity index is 612. The highest BCUT2D eigenvalue weighted by Gasteiger charge is 2.31. The molecule has 1 heterocycles. The van der Waals surface area contributed by atoms with Gasteiger partial charge in [0.05, 0.1) is 19.4 Å². The number of hydrogen-bond acceptors (Lipinski definition) is 6. The lowest BCUT2D eigenvalue weighted by atomic mass is 10.0. The maximum Gasteiger partial charge on any atom is 0.325 e. The first-order chi connectivity index (χ1) is 11.5. The Balaban J connectivity index is 1.84. The maximum absolute atomic E-state index is 12.3. The number of carbonyl (C=O) groups excluding carboxylic acids is 2. The van der Waals surface area contributed by atoms with Gasteiger partial charge in [-0.2, -0.15) is 0 Å². The van der Waals surface area contributed by atoms with Crippen molar-refractivity contribution in [1.82, 2.24) is 4.90 Å². The molecule has 0 bridgehead atoms. The quantitative estimate of drug-likeness (QED) is 0.705. The Kier molecular flexibility index (Phi) is 6.17. The Labute approximate surface area is 141 Å². The highest BCUT2D eigenvalue weighted by molar-refractivity contribution is 5.94. The molecule has 24 heavy (non-hydrogen) atoms. The van der Waals surface area contributed by atoms with Crippen LogP contribution in [0.2, 0.25) is 0 Å². The van der Waals surface area contributed by atoms with Crippen molar-refractivity contribution in [1.29, 1.82) is 0 Å². The third kappa shape index (κ3) is 4.71. The predicted molar refractivity (Wildman–Crippen MR) is 87.9 cm³/mol. The van der Waals surface area contributed by atoms with Crippen LogP contribution < -0.4 is 4.74 Å². The van der Waals surface area contributed by atoms with Crippen molar-refractivity contribution in [3.05, 3.63) is 29.8 Å². The number of methoxy groups -OCH3 is 1. The average molecular weight is 334 g/mol. The van der Waals surface area contributed by atoms with Crippen molar-refractivity contribution in [3.63, 3.8) is 0 Å². The molecule has 1 amide bonds. The summed E-state index contributed by atoms with van der Waals surface area (Å²) in [6.45, 7) is 1.91. The molecule has 1 unspecified atom stereocenters. The first-order valence-corrected chi connectivity index (χ1v) is 7.78. The first kappa shape index (κ1) is 17.8. The topological polar surface area (TPSA) is 77.4 Å². The molecule has 0 N–H and O–H groups in total. The average Bonchev–Trinajstić information content (AvgIpc) is 3.03. The van der Waals surface area contributed by atoms with Crippen molar-refractivity contribution < 1.29 is 23.9 Å². The zero-order chi connectivity index (χ0) is 17.5. The van der Waals surface area contributed by atoms with Crippen molar-refractivity contribution in [2.75, 3.05) is 27.3 Å². The standard InChI is InChI=1S/C17H22N2O5/c1-4-23-16(20)11-19(2)17(21)15-10-13(18-24-15)9-12-5-7-14(22-3)8-6-12/h5-8,15H,4,9-11H2,1-3H3. The molecule has 1 aliphatic rings. The van der Waals surface area contributed by atoms with E-state index in [4.69, 9.17) is 14.3 Å². The van der Waals surface area contributed by atoms with E-state index in [9.17, 15) is 9.59 Å². The minimum Gasteiger partial charge on any atom is -0.497 e. The molecule has 7 nitrogen and oxygen atoms in total. The Morgan fingerprint density at radius 3 is 2.67 bits per heavy atom. The summed E-state index contributed by atoms with van der Waals surface area (Å²) in [5, 5.41) is 4.00. The van der Waals surface area contributed by atoms with Crippen molar-refractivity contribution in [2.45, 2.75) is 25.9 Å². The van der Waals surface area contributed by atoms with Gasteiger partial charge in [0.25, 0.3) is 5.91 Å². The third-order valence-corrected chi connectivity index (χ3v) is 3.62. The number of carbonyl (C=O) groups is 2. The summed E-state index contributed by atoms with van der Waals surface area (Å²) in [6, 6.07) is 7.65. The van der Waals surface area contributed by atoms with E-state index in [1.54, 1.807) is 21.1 Å². The van der Waals surface area contributed by atoms with Gasteiger partial charge in [-0.3, -0.25) is 9.59 Å². The summed E-state index contributed by atoms with van der Waals surface area (Å²) in [6.07, 6.45) is 0.339. The number of ether oxygens (including phenoxy) is 2. The highest BCUT2D eigenvalue weighted by Crippen LogP contribution is 2.18. The van der Waals surface area contributed by atoms with E-state index in [-0.39, 0.29) is 19.1 Å². The molecular weight excluding hydrogens is 312 g/mol. The molecule has 7 heteroatoms. The molecule has 1 aromatic carbocycles. The number of oxime groups is 1. The molecule has 0 aliphatic carbocycles. The van der Waals surface area contributed by atoms with Crippen LogP contribution in [0, 0.1) is 0 Å². The van der Waals surface area contributed by atoms with E-state index < -0.39 is 12.1 Å². The van der Waals surface area contributed by atoms with Crippen LogP contribution in [0.25, 0.3) is 0 Å². The largest absolute Gasteiger partial charge is 0.497 e. The van der Waals surface area contributed by atoms with Gasteiger partial charge in [0.15, 0.2) is 0 Å². The van der Waals surface area contributed by atoms with E-state index >= 15 is 0 Å². The number of esters is 1. The lowest BCUT2D eigenvalue weighted by Crippen LogP contribution is -2.40. The Morgan fingerprint density at radius 2 is 2.04 bits per heavy atom. The summed E-state index contributed by atoms with van der Waals surface area (Å²) < 4.78 is 9.95. The molecular formula is C17H22N2O5. The van der Waals surface area contributed by atoms with E-state index in [1.807, 2.05) is 24.3 Å². The van der Waals surface area contributed by atoms with Crippen LogP contribution in [0.5, 0.6) is 5.75 Å². The molecule has 0 spiro atoms. The molecule has 1 atom stereocenters. The molecule has 0 aromatic heterocycles. The summed E-state index contributed by atoms with van der Waals surface area (Å²) in [4.78, 5) is 30.2. The van der Waals surface area contributed by atoms with Gasteiger partial charge in [-0.15, -0.1) is 0 Å². The van der Waals surface area contributed by atoms with Gasteiger partial charge in [0, 0.05) is 19.9 Å². The fraction of sp³-hybridized carbons (Fsp3) is 0.471. The smallest absolute Gasteiger partial charge is 0.325 e. The van der Waals surface area contributed by atoms with Gasteiger partial charge < -0.3 is 19.2 Å². The number of likely N-dealkylation sites (N-methyl/N-ethyl adjacent to an activating group) is 1. The van der Waals surface area contributed by atoms with E-state index in [0.717, 1.165) is 17.0 Å². The fourth-order valence-corrected chi connectivity index (χ4v) is 2.37. The minimum absolute atomic E-state index is 0.0969. The number of hydrogen-bond donors (Lipinski definition) is 0. The number of amides is 1. The van der Waals surface area contributed by atoms with Crippen molar-refractivity contribution in [2.24, 2.45) is 5.16 Å². The third-order valence-electron chi connectivity index (χ3n) is 3.62. The lowest BCUT2D eigenvalue weighted by Gasteiger charge is -2.18. The zero-order valence-electron chi connectivity index (χ0n) is 14.2. The normalized spacial score (nSPS) is 16.1. The monoisotopic (exact) mass is 334 g/mol. The van der Waals surface area contributed by atoms with Gasteiger partial charge in [0.2, 0.25) is 6.10 Å². The predicted octanol–water partition coefficient (Wildman–Crippen LogP) is 1.40. The number of nitrogens with zero attached hydrogens (tertiary/aromatic N) is 2. The summed E-state index contributed by atoms with van der Waals surface area (Å²) in [5.74, 6) is 0.0688.